The fourth-order valence-corrected chi connectivity index (χ4v) is 3.25. The van der Waals surface area contributed by atoms with E-state index in [-0.39, 0.29) is 24.0 Å². The Bertz CT molecular complexity index is 558. The molecule has 1 saturated heterocycles. The summed E-state index contributed by atoms with van der Waals surface area (Å²) in [6.45, 7) is 7.55. The van der Waals surface area contributed by atoms with E-state index in [1.165, 1.54) is 19.4 Å². The fraction of sp³-hybridized carbons (Fsp3) is 0.632. The molecule has 1 fully saturated rings. The van der Waals surface area contributed by atoms with Crippen LogP contribution in [0.4, 0.5) is 0 Å². The maximum atomic E-state index is 5.98. The Morgan fingerprint density at radius 2 is 2.27 bits per heavy atom. The molecule has 0 aliphatic carbocycles. The molecule has 0 amide bonds. The minimum atomic E-state index is 0. The van der Waals surface area contributed by atoms with Crippen LogP contribution in [0.5, 0.6) is 5.75 Å². The minimum absolute atomic E-state index is 0. The first-order valence-electron chi connectivity index (χ1n) is 9.15. The smallest absolute Gasteiger partial charge is 0.193 e. The van der Waals surface area contributed by atoms with Gasteiger partial charge < -0.3 is 19.9 Å². The van der Waals surface area contributed by atoms with E-state index in [4.69, 9.17) is 21.3 Å². The molecule has 1 aromatic rings. The first-order chi connectivity index (χ1) is 12.1. The number of hydrogen-bond donors (Lipinski definition) is 1. The zero-order valence-corrected chi connectivity index (χ0v) is 19.2. The maximum absolute atomic E-state index is 5.98. The van der Waals surface area contributed by atoms with E-state index in [2.05, 4.69) is 36.1 Å². The van der Waals surface area contributed by atoms with Crippen molar-refractivity contribution in [2.75, 3.05) is 53.4 Å². The molecule has 0 aromatic heterocycles. The van der Waals surface area contributed by atoms with Crippen LogP contribution in [0.15, 0.2) is 29.3 Å². The third-order valence-corrected chi connectivity index (χ3v) is 4.64. The third kappa shape index (κ3) is 8.31. The minimum Gasteiger partial charge on any atom is -0.492 e. The molecule has 26 heavy (non-hydrogen) atoms. The van der Waals surface area contributed by atoms with Crippen molar-refractivity contribution in [1.82, 2.24) is 15.1 Å². The summed E-state index contributed by atoms with van der Waals surface area (Å²) in [5, 5.41) is 4.07. The van der Waals surface area contributed by atoms with Gasteiger partial charge in [0.25, 0.3) is 0 Å². The van der Waals surface area contributed by atoms with Gasteiger partial charge in [-0.1, -0.05) is 17.7 Å². The molecular formula is C19H32ClIN4O. The van der Waals surface area contributed by atoms with Gasteiger partial charge in [-0.05, 0) is 57.5 Å². The highest BCUT2D eigenvalue weighted by Gasteiger charge is 2.17. The Morgan fingerprint density at radius 3 is 2.96 bits per heavy atom. The van der Waals surface area contributed by atoms with Gasteiger partial charge in [0.15, 0.2) is 5.96 Å². The summed E-state index contributed by atoms with van der Waals surface area (Å²) in [7, 11) is 4.25. The van der Waals surface area contributed by atoms with Gasteiger partial charge in [-0.3, -0.25) is 4.99 Å². The quantitative estimate of drug-likeness (QED) is 0.357. The lowest BCUT2D eigenvalue weighted by molar-refractivity contribution is 0.214. The van der Waals surface area contributed by atoms with Crippen LogP contribution < -0.4 is 10.1 Å². The molecule has 1 N–H and O–H groups in total. The van der Waals surface area contributed by atoms with Crippen molar-refractivity contribution in [1.29, 1.82) is 0 Å². The summed E-state index contributed by atoms with van der Waals surface area (Å²) in [5.41, 5.74) is 0. The van der Waals surface area contributed by atoms with Crippen LogP contribution in [0, 0.1) is 5.92 Å². The van der Waals surface area contributed by atoms with E-state index in [1.54, 1.807) is 0 Å². The second-order valence-corrected chi connectivity index (χ2v) is 7.13. The third-order valence-electron chi connectivity index (χ3n) is 4.41. The number of ether oxygens (including phenoxy) is 1. The van der Waals surface area contributed by atoms with E-state index in [0.717, 1.165) is 37.9 Å². The second-order valence-electron chi connectivity index (χ2n) is 6.69. The topological polar surface area (TPSA) is 40.1 Å². The van der Waals surface area contributed by atoms with Crippen molar-refractivity contribution in [2.45, 2.75) is 19.8 Å². The average molecular weight is 495 g/mol. The van der Waals surface area contributed by atoms with E-state index < -0.39 is 0 Å². The van der Waals surface area contributed by atoms with Crippen molar-refractivity contribution in [3.8, 4) is 5.75 Å². The van der Waals surface area contributed by atoms with Crippen molar-refractivity contribution < 1.29 is 4.74 Å². The number of nitrogens with one attached hydrogen (secondary N) is 1. The van der Waals surface area contributed by atoms with E-state index in [0.29, 0.717) is 17.5 Å². The number of likely N-dealkylation sites (tertiary alicyclic amines) is 1. The fourth-order valence-electron chi connectivity index (χ4n) is 3.07. The number of guanidine groups is 1. The van der Waals surface area contributed by atoms with Crippen LogP contribution in [0.2, 0.25) is 5.02 Å². The van der Waals surface area contributed by atoms with Crippen LogP contribution in [0.3, 0.4) is 0 Å². The number of benzene rings is 1. The Balaban J connectivity index is 0.00000338. The lowest BCUT2D eigenvalue weighted by Crippen LogP contribution is -2.41. The largest absolute Gasteiger partial charge is 0.492 e. The predicted octanol–water partition coefficient (Wildman–Crippen LogP) is 3.58. The highest BCUT2D eigenvalue weighted by Crippen LogP contribution is 2.17. The maximum Gasteiger partial charge on any atom is 0.193 e. The summed E-state index contributed by atoms with van der Waals surface area (Å²) < 4.78 is 5.78. The summed E-state index contributed by atoms with van der Waals surface area (Å²) in [6, 6.07) is 7.50. The molecule has 1 unspecified atom stereocenters. The van der Waals surface area contributed by atoms with Crippen molar-refractivity contribution in [3.63, 3.8) is 0 Å². The van der Waals surface area contributed by atoms with Gasteiger partial charge in [-0.25, -0.2) is 0 Å². The molecule has 2 rings (SSSR count). The van der Waals surface area contributed by atoms with Crippen molar-refractivity contribution in [3.05, 3.63) is 29.3 Å². The zero-order valence-electron chi connectivity index (χ0n) is 16.1. The van der Waals surface area contributed by atoms with Gasteiger partial charge in [0, 0.05) is 31.7 Å². The molecule has 0 bridgehead atoms. The van der Waals surface area contributed by atoms with Crippen LogP contribution in [-0.2, 0) is 0 Å². The lowest BCUT2D eigenvalue weighted by atomic mass is 9.99. The van der Waals surface area contributed by atoms with E-state index in [1.807, 2.05) is 24.3 Å². The molecule has 0 saturated carbocycles. The molecule has 7 heteroatoms. The Morgan fingerprint density at radius 1 is 1.46 bits per heavy atom. The lowest BCUT2D eigenvalue weighted by Gasteiger charge is -2.29. The van der Waals surface area contributed by atoms with Gasteiger partial charge in [-0.15, -0.1) is 24.0 Å². The number of halogens is 2. The van der Waals surface area contributed by atoms with Crippen LogP contribution in [0.1, 0.15) is 19.8 Å². The number of likely N-dealkylation sites (N-methyl/N-ethyl adjacent to an activating group) is 1. The number of nitrogens with zero attached hydrogens (tertiary/aromatic N) is 3. The molecule has 1 aliphatic rings. The zero-order chi connectivity index (χ0) is 18.1. The standard InChI is InChI=1S/C19H31ClN4O.HI/c1-4-21-19(22-14-16-7-6-10-23(2)15-16)24(3)11-12-25-18-9-5-8-17(20)13-18;/h5,8-9,13,16H,4,6-7,10-12,14-15H2,1-3H3,(H,21,22);1H. The van der Waals surface area contributed by atoms with Gasteiger partial charge in [0.05, 0.1) is 6.54 Å². The van der Waals surface area contributed by atoms with Gasteiger partial charge in [0.2, 0.25) is 0 Å². The molecule has 1 atom stereocenters. The molecule has 0 spiro atoms. The highest BCUT2D eigenvalue weighted by molar-refractivity contribution is 14.0. The summed E-state index contributed by atoms with van der Waals surface area (Å²) in [5.74, 6) is 2.40. The predicted molar refractivity (Wildman–Crippen MR) is 121 cm³/mol. The number of rotatable bonds is 7. The molecular weight excluding hydrogens is 463 g/mol. The monoisotopic (exact) mass is 494 g/mol. The molecule has 1 aromatic carbocycles. The van der Waals surface area contributed by atoms with E-state index >= 15 is 0 Å². The first kappa shape index (κ1) is 23.3. The highest BCUT2D eigenvalue weighted by atomic mass is 127. The van der Waals surface area contributed by atoms with Crippen LogP contribution in [0.25, 0.3) is 0 Å². The Kier molecular flexibility index (Phi) is 11.3. The van der Waals surface area contributed by atoms with Gasteiger partial charge >= 0.3 is 0 Å². The van der Waals surface area contributed by atoms with Crippen LogP contribution in [-0.4, -0.2) is 69.2 Å². The van der Waals surface area contributed by atoms with Gasteiger partial charge in [-0.2, -0.15) is 0 Å². The summed E-state index contributed by atoms with van der Waals surface area (Å²) >= 11 is 5.98. The Hall–Kier alpha value is -0.730. The summed E-state index contributed by atoms with van der Waals surface area (Å²) in [4.78, 5) is 9.37. The SMILES string of the molecule is CCNC(=NCC1CCCN(C)C1)N(C)CCOc1cccc(Cl)c1.I. The normalized spacial score (nSPS) is 18.2. The molecule has 1 heterocycles. The van der Waals surface area contributed by atoms with Crippen molar-refractivity contribution in [2.24, 2.45) is 10.9 Å². The second kappa shape index (κ2) is 12.6. The Labute approximate surface area is 180 Å². The number of aliphatic imine (C=N–C) groups is 1. The average Bonchev–Trinajstić information content (AvgIpc) is 2.58. The summed E-state index contributed by atoms with van der Waals surface area (Å²) in [6.07, 6.45) is 2.55. The van der Waals surface area contributed by atoms with E-state index in [9.17, 15) is 0 Å². The molecule has 148 valence electrons. The first-order valence-corrected chi connectivity index (χ1v) is 9.52. The van der Waals surface area contributed by atoms with Crippen LogP contribution >= 0.6 is 35.6 Å². The molecule has 1 aliphatic heterocycles. The van der Waals surface area contributed by atoms with Crippen molar-refractivity contribution >= 4 is 41.5 Å². The molecule has 5 nitrogen and oxygen atoms in total. The number of piperidine rings is 1. The van der Waals surface area contributed by atoms with Gasteiger partial charge in [0.1, 0.15) is 12.4 Å². The molecule has 0 radical (unpaired) electrons. The number of hydrogen-bond acceptors (Lipinski definition) is 3.